The van der Waals surface area contributed by atoms with Gasteiger partial charge in [0.25, 0.3) is 0 Å². The number of hydrogen-bond donors (Lipinski definition) is 0. The van der Waals surface area contributed by atoms with E-state index in [0.29, 0.717) is 6.73 Å². The molecule has 0 aliphatic carbocycles. The number of anilines is 2. The second kappa shape index (κ2) is 4.57. The first kappa shape index (κ1) is 11.9. The molecule has 0 saturated carbocycles. The molecule has 20 heavy (non-hydrogen) atoms. The first-order valence-electron chi connectivity index (χ1n) is 6.60. The van der Waals surface area contributed by atoms with Gasteiger partial charge in [0.15, 0.2) is 0 Å². The van der Waals surface area contributed by atoms with Crippen LogP contribution in [0.4, 0.5) is 11.4 Å². The van der Waals surface area contributed by atoms with E-state index in [4.69, 9.17) is 4.74 Å². The Morgan fingerprint density at radius 3 is 2.65 bits per heavy atom. The molecule has 3 heteroatoms. The normalized spacial score (nSPS) is 13.3. The summed E-state index contributed by atoms with van der Waals surface area (Å²) >= 11 is 1.64. The van der Waals surface area contributed by atoms with Crippen molar-refractivity contribution in [1.82, 2.24) is 0 Å². The van der Waals surface area contributed by atoms with E-state index in [9.17, 15) is 0 Å². The predicted octanol–water partition coefficient (Wildman–Crippen LogP) is 2.59. The molecule has 3 aromatic rings. The van der Waals surface area contributed by atoms with Gasteiger partial charge in [-0.05, 0) is 0 Å². The van der Waals surface area contributed by atoms with Gasteiger partial charge in [0.2, 0.25) is 0 Å². The molecule has 1 atom stereocenters. The second-order valence-electron chi connectivity index (χ2n) is 4.96. The van der Waals surface area contributed by atoms with Crippen LogP contribution in [0.3, 0.4) is 0 Å². The van der Waals surface area contributed by atoms with Gasteiger partial charge in [0.1, 0.15) is 0 Å². The van der Waals surface area contributed by atoms with Gasteiger partial charge in [-0.3, -0.25) is 0 Å². The van der Waals surface area contributed by atoms with Crippen LogP contribution in [-0.2, 0) is 0 Å². The minimum atomic E-state index is 0.587. The Morgan fingerprint density at radius 2 is 1.75 bits per heavy atom. The average molecular weight is 323 g/mol. The van der Waals surface area contributed by atoms with Gasteiger partial charge in [-0.25, -0.2) is 0 Å². The van der Waals surface area contributed by atoms with E-state index in [1.807, 2.05) is 0 Å². The van der Waals surface area contributed by atoms with E-state index >= 15 is 0 Å². The molecule has 0 aromatic heterocycles. The molecule has 0 fully saturated rings. The van der Waals surface area contributed by atoms with Crippen LogP contribution >= 0.6 is 0 Å². The van der Waals surface area contributed by atoms with E-state index in [2.05, 4.69) is 65.6 Å². The Labute approximate surface area is 126 Å². The number of hydrogen-bond acceptors (Lipinski definition) is 2. The molecular formula is C17H14AsNO. The average Bonchev–Trinajstić information content (AvgIpc) is 2.89. The van der Waals surface area contributed by atoms with E-state index in [1.54, 1.807) is 16.9 Å². The fourth-order valence-electron chi connectivity index (χ4n) is 2.63. The van der Waals surface area contributed by atoms with E-state index < -0.39 is 0 Å². The molecule has 98 valence electrons. The number of fused-ring (bicyclic) bond motifs is 2. The summed E-state index contributed by atoms with van der Waals surface area (Å²) in [5.74, 6) is 0.972. The SMILES string of the molecule is [AsH2]c1ccc2c(c1)N(c1ccc3ccccc3c1)CO2. The van der Waals surface area contributed by atoms with Crippen LogP contribution in [-0.4, -0.2) is 23.6 Å². The monoisotopic (exact) mass is 323 g/mol. The molecule has 0 N–H and O–H groups in total. The quantitative estimate of drug-likeness (QED) is 0.638. The van der Waals surface area contributed by atoms with Gasteiger partial charge < -0.3 is 0 Å². The summed E-state index contributed by atoms with van der Waals surface area (Å²) in [5, 5.41) is 2.53. The van der Waals surface area contributed by atoms with E-state index in [0.717, 1.165) is 5.75 Å². The van der Waals surface area contributed by atoms with Crippen molar-refractivity contribution in [3.05, 3.63) is 60.7 Å². The molecule has 1 aliphatic rings. The zero-order valence-corrected chi connectivity index (χ0v) is 13.3. The van der Waals surface area contributed by atoms with Gasteiger partial charge in [0.05, 0.1) is 0 Å². The van der Waals surface area contributed by atoms with Crippen LogP contribution in [0.1, 0.15) is 0 Å². The van der Waals surface area contributed by atoms with E-state index in [1.165, 1.54) is 26.5 Å². The first-order chi connectivity index (χ1) is 9.81. The summed E-state index contributed by atoms with van der Waals surface area (Å²) in [6, 6.07) is 21.4. The molecule has 2 nitrogen and oxygen atoms in total. The van der Waals surface area contributed by atoms with Crippen LogP contribution in [0, 0.1) is 0 Å². The number of ether oxygens (including phenoxy) is 1. The summed E-state index contributed by atoms with van der Waals surface area (Å²) in [5.41, 5.74) is 2.35. The summed E-state index contributed by atoms with van der Waals surface area (Å²) in [7, 11) is 0. The minimum absolute atomic E-state index is 0.587. The van der Waals surface area contributed by atoms with Crippen molar-refractivity contribution in [2.75, 3.05) is 11.6 Å². The van der Waals surface area contributed by atoms with Gasteiger partial charge in [-0.15, -0.1) is 0 Å². The van der Waals surface area contributed by atoms with Crippen molar-refractivity contribution in [3.63, 3.8) is 0 Å². The van der Waals surface area contributed by atoms with Crippen molar-refractivity contribution in [3.8, 4) is 5.75 Å². The molecule has 1 unspecified atom stereocenters. The van der Waals surface area contributed by atoms with Crippen molar-refractivity contribution >= 4 is 43.4 Å². The molecular weight excluding hydrogens is 309 g/mol. The molecule has 0 bridgehead atoms. The van der Waals surface area contributed by atoms with Crippen LogP contribution in [0.25, 0.3) is 10.8 Å². The fourth-order valence-corrected chi connectivity index (χ4v) is 3.16. The van der Waals surface area contributed by atoms with Crippen LogP contribution in [0.2, 0.25) is 0 Å². The van der Waals surface area contributed by atoms with Gasteiger partial charge >= 0.3 is 126 Å². The Morgan fingerprint density at radius 1 is 0.900 bits per heavy atom. The number of benzene rings is 3. The zero-order chi connectivity index (χ0) is 13.5. The van der Waals surface area contributed by atoms with Gasteiger partial charge in [0, 0.05) is 0 Å². The van der Waals surface area contributed by atoms with Crippen molar-refractivity contribution in [2.45, 2.75) is 0 Å². The Hall–Kier alpha value is -1.92. The van der Waals surface area contributed by atoms with E-state index in [-0.39, 0.29) is 0 Å². The van der Waals surface area contributed by atoms with Crippen molar-refractivity contribution < 1.29 is 4.74 Å². The number of rotatable bonds is 1. The summed E-state index contributed by atoms with van der Waals surface area (Å²) in [4.78, 5) is 2.23. The van der Waals surface area contributed by atoms with Crippen LogP contribution < -0.4 is 14.0 Å². The molecule has 1 heterocycles. The Balaban J connectivity index is 1.83. The summed E-state index contributed by atoms with van der Waals surface area (Å²) < 4.78 is 7.08. The van der Waals surface area contributed by atoms with Crippen LogP contribution in [0.15, 0.2) is 60.7 Å². The Kier molecular flexibility index (Phi) is 2.71. The molecule has 0 spiro atoms. The summed E-state index contributed by atoms with van der Waals surface area (Å²) in [6.07, 6.45) is 0. The maximum atomic E-state index is 5.77. The molecule has 1 aliphatic heterocycles. The van der Waals surface area contributed by atoms with Crippen molar-refractivity contribution in [1.29, 1.82) is 0 Å². The third kappa shape index (κ3) is 1.88. The van der Waals surface area contributed by atoms with Gasteiger partial charge in [-0.1, -0.05) is 0 Å². The third-order valence-electron chi connectivity index (χ3n) is 3.67. The predicted molar refractivity (Wildman–Crippen MR) is 86.2 cm³/mol. The molecule has 0 radical (unpaired) electrons. The topological polar surface area (TPSA) is 12.5 Å². The first-order valence-corrected chi connectivity index (χ1v) is 7.81. The standard InChI is InChI=1S/C17H14AsNO/c18-14-6-8-17-16(10-14)19(11-20-17)15-7-5-12-3-1-2-4-13(12)9-15/h1-10H,11,18H2. The summed E-state index contributed by atoms with van der Waals surface area (Å²) in [6.45, 7) is 0.587. The molecule has 0 saturated heterocycles. The Bertz CT molecular complexity index is 800. The zero-order valence-electron chi connectivity index (χ0n) is 10.9. The molecule has 0 amide bonds. The second-order valence-corrected chi connectivity index (χ2v) is 6.36. The third-order valence-corrected chi connectivity index (χ3v) is 4.42. The van der Waals surface area contributed by atoms with Gasteiger partial charge in [-0.2, -0.15) is 0 Å². The molecule has 3 aromatic carbocycles. The van der Waals surface area contributed by atoms with Crippen LogP contribution in [0.5, 0.6) is 5.75 Å². The van der Waals surface area contributed by atoms with Crippen molar-refractivity contribution in [2.24, 2.45) is 0 Å². The number of nitrogens with zero attached hydrogens (tertiary/aromatic N) is 1. The molecule has 4 rings (SSSR count). The maximum absolute atomic E-state index is 5.77. The fraction of sp³-hybridized carbons (Fsp3) is 0.0588.